The molecule has 0 aliphatic carbocycles. The van der Waals surface area contributed by atoms with Crippen LogP contribution in [-0.2, 0) is 6.42 Å². The first-order valence-electron chi connectivity index (χ1n) is 7.69. The van der Waals surface area contributed by atoms with Gasteiger partial charge in [0.2, 0.25) is 0 Å². The third-order valence-corrected chi connectivity index (χ3v) is 3.80. The lowest BCUT2D eigenvalue weighted by atomic mass is 10.2. The molecule has 0 fully saturated rings. The van der Waals surface area contributed by atoms with Gasteiger partial charge in [0.15, 0.2) is 0 Å². The largest absolute Gasteiger partial charge is 0.330 e. The lowest BCUT2D eigenvalue weighted by molar-refractivity contribution is 0.219. The van der Waals surface area contributed by atoms with Gasteiger partial charge in [-0.2, -0.15) is 0 Å². The van der Waals surface area contributed by atoms with E-state index in [2.05, 4.69) is 30.4 Å². The fraction of sp³-hybridized carbons (Fsp3) is 0.150. The molecular weight excluding hydrogens is 284 g/mol. The standard InChI is InChI=1S/C20H20N2O/c1-21(2)20(23)22-18(15-17-12-6-7-14-19(17)22)13-8-11-16-9-4-3-5-10-16/h3-12,14-15H,13H2,1-2H3/b11-8-. The van der Waals surface area contributed by atoms with Gasteiger partial charge in [0.1, 0.15) is 0 Å². The molecule has 1 amide bonds. The van der Waals surface area contributed by atoms with Gasteiger partial charge in [-0.15, -0.1) is 0 Å². The molecule has 23 heavy (non-hydrogen) atoms. The zero-order valence-electron chi connectivity index (χ0n) is 13.4. The van der Waals surface area contributed by atoms with E-state index in [-0.39, 0.29) is 6.03 Å². The topological polar surface area (TPSA) is 25.2 Å². The Kier molecular flexibility index (Phi) is 4.29. The summed E-state index contributed by atoms with van der Waals surface area (Å²) in [6.45, 7) is 0. The summed E-state index contributed by atoms with van der Waals surface area (Å²) in [6.07, 6.45) is 4.90. The second-order valence-electron chi connectivity index (χ2n) is 5.72. The molecule has 0 atom stereocenters. The van der Waals surface area contributed by atoms with Crippen LogP contribution in [0.2, 0.25) is 0 Å². The maximum absolute atomic E-state index is 12.5. The predicted molar refractivity (Wildman–Crippen MR) is 95.6 cm³/mol. The van der Waals surface area contributed by atoms with Gasteiger partial charge in [-0.1, -0.05) is 60.7 Å². The van der Waals surface area contributed by atoms with Crippen LogP contribution in [0.4, 0.5) is 4.79 Å². The van der Waals surface area contributed by atoms with E-state index in [1.165, 1.54) is 0 Å². The number of nitrogens with zero attached hydrogens (tertiary/aromatic N) is 2. The second kappa shape index (κ2) is 6.53. The van der Waals surface area contributed by atoms with E-state index in [0.717, 1.165) is 22.2 Å². The number of rotatable bonds is 3. The first kappa shape index (κ1) is 15.1. The highest BCUT2D eigenvalue weighted by atomic mass is 16.2. The summed E-state index contributed by atoms with van der Waals surface area (Å²) in [4.78, 5) is 14.1. The molecule has 3 aromatic rings. The fourth-order valence-electron chi connectivity index (χ4n) is 2.67. The van der Waals surface area contributed by atoms with Gasteiger partial charge in [-0.05, 0) is 17.7 Å². The normalized spacial score (nSPS) is 11.2. The molecule has 116 valence electrons. The minimum atomic E-state index is -0.0192. The van der Waals surface area contributed by atoms with E-state index in [0.29, 0.717) is 6.42 Å². The molecule has 0 bridgehead atoms. The Morgan fingerprint density at radius 3 is 2.48 bits per heavy atom. The van der Waals surface area contributed by atoms with Gasteiger partial charge in [0.25, 0.3) is 0 Å². The molecular formula is C20H20N2O. The summed E-state index contributed by atoms with van der Waals surface area (Å²) in [5.74, 6) is 0. The Hall–Kier alpha value is -2.81. The van der Waals surface area contributed by atoms with E-state index in [1.807, 2.05) is 42.5 Å². The molecule has 2 aromatic carbocycles. The highest BCUT2D eigenvalue weighted by Crippen LogP contribution is 2.21. The van der Waals surface area contributed by atoms with Gasteiger partial charge in [-0.3, -0.25) is 4.57 Å². The number of carbonyl (C=O) groups is 1. The summed E-state index contributed by atoms with van der Waals surface area (Å²) >= 11 is 0. The number of hydrogen-bond donors (Lipinski definition) is 0. The molecule has 0 spiro atoms. The van der Waals surface area contributed by atoms with Crippen molar-refractivity contribution in [2.24, 2.45) is 0 Å². The smallest absolute Gasteiger partial charge is 0.328 e. The number of hydrogen-bond acceptors (Lipinski definition) is 1. The molecule has 1 aromatic heterocycles. The Labute approximate surface area is 136 Å². The van der Waals surface area contributed by atoms with Crippen molar-refractivity contribution in [1.82, 2.24) is 9.47 Å². The molecule has 0 N–H and O–H groups in total. The fourth-order valence-corrected chi connectivity index (χ4v) is 2.67. The number of amides is 1. The van der Waals surface area contributed by atoms with E-state index >= 15 is 0 Å². The molecule has 3 rings (SSSR count). The van der Waals surface area contributed by atoms with Gasteiger partial charge in [0.05, 0.1) is 5.52 Å². The molecule has 0 saturated heterocycles. The highest BCUT2D eigenvalue weighted by Gasteiger charge is 2.15. The zero-order valence-corrected chi connectivity index (χ0v) is 13.4. The van der Waals surface area contributed by atoms with Crippen LogP contribution in [0.15, 0.2) is 66.7 Å². The first-order valence-corrected chi connectivity index (χ1v) is 7.69. The monoisotopic (exact) mass is 304 g/mol. The Morgan fingerprint density at radius 1 is 1.04 bits per heavy atom. The van der Waals surface area contributed by atoms with Gasteiger partial charge in [0, 0.05) is 31.6 Å². The van der Waals surface area contributed by atoms with Gasteiger partial charge < -0.3 is 4.90 Å². The van der Waals surface area contributed by atoms with Crippen molar-refractivity contribution in [3.63, 3.8) is 0 Å². The summed E-state index contributed by atoms with van der Waals surface area (Å²) in [5, 5.41) is 1.09. The van der Waals surface area contributed by atoms with E-state index in [4.69, 9.17) is 0 Å². The SMILES string of the molecule is CN(C)C(=O)n1c(C/C=C\c2ccccc2)cc2ccccc21. The molecule has 3 nitrogen and oxygen atoms in total. The van der Waals surface area contributed by atoms with Crippen molar-refractivity contribution in [3.05, 3.63) is 78.0 Å². The van der Waals surface area contributed by atoms with Crippen LogP contribution < -0.4 is 0 Å². The predicted octanol–water partition coefficient (Wildman–Crippen LogP) is 4.43. The van der Waals surface area contributed by atoms with Crippen molar-refractivity contribution in [3.8, 4) is 0 Å². The highest BCUT2D eigenvalue weighted by molar-refractivity contribution is 5.92. The van der Waals surface area contributed by atoms with Crippen LogP contribution in [0.5, 0.6) is 0 Å². The summed E-state index contributed by atoms with van der Waals surface area (Å²) in [6, 6.07) is 20.2. The molecule has 1 heterocycles. The maximum atomic E-state index is 12.5. The number of fused-ring (bicyclic) bond motifs is 1. The average Bonchev–Trinajstić information content (AvgIpc) is 2.93. The summed E-state index contributed by atoms with van der Waals surface area (Å²) < 4.78 is 1.80. The molecule has 0 radical (unpaired) electrons. The molecule has 0 saturated carbocycles. The molecule has 0 aliphatic rings. The van der Waals surface area contributed by atoms with Crippen LogP contribution in [-0.4, -0.2) is 29.6 Å². The summed E-state index contributed by atoms with van der Waals surface area (Å²) in [5.41, 5.74) is 3.11. The van der Waals surface area contributed by atoms with Crippen molar-refractivity contribution in [1.29, 1.82) is 0 Å². The third kappa shape index (κ3) is 3.19. The molecule has 0 aliphatic heterocycles. The summed E-state index contributed by atoms with van der Waals surface area (Å²) in [7, 11) is 3.56. The first-order chi connectivity index (χ1) is 11.2. The lowest BCUT2D eigenvalue weighted by Crippen LogP contribution is -2.28. The number of para-hydroxylation sites is 1. The zero-order chi connectivity index (χ0) is 16.2. The Bertz CT molecular complexity index is 844. The maximum Gasteiger partial charge on any atom is 0.328 e. The van der Waals surface area contributed by atoms with E-state index in [9.17, 15) is 4.79 Å². The van der Waals surface area contributed by atoms with Gasteiger partial charge >= 0.3 is 6.03 Å². The van der Waals surface area contributed by atoms with Crippen LogP contribution in [0.1, 0.15) is 11.3 Å². The molecule has 0 unspecified atom stereocenters. The van der Waals surface area contributed by atoms with Crippen LogP contribution in [0, 0.1) is 0 Å². The van der Waals surface area contributed by atoms with Gasteiger partial charge in [-0.25, -0.2) is 4.79 Å². The average molecular weight is 304 g/mol. The number of aromatic nitrogens is 1. The Balaban J connectivity index is 1.95. The number of allylic oxidation sites excluding steroid dienone is 1. The van der Waals surface area contributed by atoms with Crippen LogP contribution in [0.25, 0.3) is 17.0 Å². The van der Waals surface area contributed by atoms with Crippen LogP contribution >= 0.6 is 0 Å². The Morgan fingerprint density at radius 2 is 1.74 bits per heavy atom. The lowest BCUT2D eigenvalue weighted by Gasteiger charge is -2.14. The number of carbonyl (C=O) groups excluding carboxylic acids is 1. The van der Waals surface area contributed by atoms with Crippen molar-refractivity contribution in [2.45, 2.75) is 6.42 Å². The minimum absolute atomic E-state index is 0.0192. The second-order valence-corrected chi connectivity index (χ2v) is 5.72. The van der Waals surface area contributed by atoms with Crippen molar-refractivity contribution >= 4 is 23.0 Å². The number of benzene rings is 2. The minimum Gasteiger partial charge on any atom is -0.330 e. The van der Waals surface area contributed by atoms with E-state index < -0.39 is 0 Å². The van der Waals surface area contributed by atoms with Crippen molar-refractivity contribution in [2.75, 3.05) is 14.1 Å². The quantitative estimate of drug-likeness (QED) is 0.703. The molecule has 3 heteroatoms. The van der Waals surface area contributed by atoms with E-state index in [1.54, 1.807) is 23.6 Å². The van der Waals surface area contributed by atoms with Crippen molar-refractivity contribution < 1.29 is 4.79 Å². The third-order valence-electron chi connectivity index (χ3n) is 3.80. The van der Waals surface area contributed by atoms with Crippen LogP contribution in [0.3, 0.4) is 0 Å².